The van der Waals surface area contributed by atoms with Crippen LogP contribution in [0, 0.1) is 13.8 Å². The number of para-hydroxylation sites is 1. The van der Waals surface area contributed by atoms with E-state index in [1.165, 1.54) is 6.07 Å². The number of aryl methyl sites for hydroxylation is 3. The lowest BCUT2D eigenvalue weighted by Gasteiger charge is -2.18. The molecule has 1 amide bonds. The van der Waals surface area contributed by atoms with Crippen molar-refractivity contribution in [3.8, 4) is 0 Å². The van der Waals surface area contributed by atoms with Gasteiger partial charge in [0.2, 0.25) is 0 Å². The molecule has 4 rings (SSSR count). The van der Waals surface area contributed by atoms with Crippen molar-refractivity contribution in [3.63, 3.8) is 0 Å². The molecule has 0 spiro atoms. The molecule has 4 aromatic rings. The summed E-state index contributed by atoms with van der Waals surface area (Å²) in [4.78, 5) is 35.3. The van der Waals surface area contributed by atoms with E-state index < -0.39 is 6.04 Å². The van der Waals surface area contributed by atoms with E-state index in [9.17, 15) is 9.59 Å². The molecule has 148 valence electrons. The highest BCUT2D eigenvalue weighted by Gasteiger charge is 2.22. The molecular formula is C21H22N6O2. The number of hydrogen-bond donors (Lipinski definition) is 3. The van der Waals surface area contributed by atoms with Gasteiger partial charge in [-0.3, -0.25) is 14.3 Å². The van der Waals surface area contributed by atoms with Crippen LogP contribution in [0.3, 0.4) is 0 Å². The van der Waals surface area contributed by atoms with E-state index in [0.29, 0.717) is 29.2 Å². The number of carbonyl (C=O) groups is 1. The van der Waals surface area contributed by atoms with Crippen molar-refractivity contribution in [1.29, 1.82) is 0 Å². The van der Waals surface area contributed by atoms with Crippen molar-refractivity contribution in [2.24, 2.45) is 7.05 Å². The summed E-state index contributed by atoms with van der Waals surface area (Å²) < 4.78 is 1.61. The Bertz CT molecular complexity index is 1250. The summed E-state index contributed by atoms with van der Waals surface area (Å²) in [5.74, 6) is 0.253. The van der Waals surface area contributed by atoms with Gasteiger partial charge in [-0.05, 0) is 25.5 Å². The zero-order chi connectivity index (χ0) is 20.5. The van der Waals surface area contributed by atoms with Gasteiger partial charge in [-0.15, -0.1) is 0 Å². The first-order valence-electron chi connectivity index (χ1n) is 9.34. The van der Waals surface area contributed by atoms with Gasteiger partial charge in [0.05, 0.1) is 23.0 Å². The number of nitrogens with one attached hydrogen (secondary N) is 3. The van der Waals surface area contributed by atoms with Crippen molar-refractivity contribution < 1.29 is 4.79 Å². The number of aromatic amines is 2. The number of amides is 1. The Morgan fingerprint density at radius 2 is 2.07 bits per heavy atom. The Balaban J connectivity index is 1.71. The number of hydrogen-bond acceptors (Lipinski definition) is 4. The van der Waals surface area contributed by atoms with Crippen molar-refractivity contribution in [2.75, 3.05) is 0 Å². The standard InChI is InChI=1S/C21H22N6O2/c1-12-16(11-27(3)26-12)21(29)25-18(19-9-20(28)24-13(2)23-19)8-14-10-22-17-7-5-4-6-15(14)17/h4-7,9-11,18,22H,8H2,1-3H3,(H,25,29)(H,23,24,28)/t18-/m0/s1. The van der Waals surface area contributed by atoms with Crippen molar-refractivity contribution >= 4 is 16.8 Å². The average molecular weight is 390 g/mol. The molecule has 0 aliphatic rings. The number of aromatic nitrogens is 5. The summed E-state index contributed by atoms with van der Waals surface area (Å²) in [5, 5.41) is 8.35. The first-order valence-corrected chi connectivity index (χ1v) is 9.34. The summed E-state index contributed by atoms with van der Waals surface area (Å²) in [5.41, 5.74) is 3.47. The second-order valence-corrected chi connectivity index (χ2v) is 7.15. The Morgan fingerprint density at radius 3 is 2.79 bits per heavy atom. The first kappa shape index (κ1) is 18.7. The molecule has 29 heavy (non-hydrogen) atoms. The van der Waals surface area contributed by atoms with Crippen LogP contribution < -0.4 is 10.9 Å². The molecule has 0 bridgehead atoms. The van der Waals surface area contributed by atoms with E-state index in [-0.39, 0.29) is 11.5 Å². The molecule has 0 fully saturated rings. The first-order chi connectivity index (χ1) is 13.9. The quantitative estimate of drug-likeness (QED) is 0.486. The number of carbonyl (C=O) groups excluding carboxylic acids is 1. The number of H-pyrrole nitrogens is 2. The highest BCUT2D eigenvalue weighted by atomic mass is 16.1. The zero-order valence-corrected chi connectivity index (χ0v) is 16.5. The third-order valence-electron chi connectivity index (χ3n) is 4.90. The van der Waals surface area contributed by atoms with Gasteiger partial charge in [-0.25, -0.2) is 4.98 Å². The highest BCUT2D eigenvalue weighted by Crippen LogP contribution is 2.24. The number of fused-ring (bicyclic) bond motifs is 1. The molecule has 8 heteroatoms. The third-order valence-corrected chi connectivity index (χ3v) is 4.90. The molecule has 0 saturated heterocycles. The predicted octanol–water partition coefficient (Wildman–Crippen LogP) is 2.32. The van der Waals surface area contributed by atoms with E-state index in [0.717, 1.165) is 16.5 Å². The average Bonchev–Trinajstić information content (AvgIpc) is 3.23. The van der Waals surface area contributed by atoms with E-state index in [2.05, 4.69) is 25.4 Å². The van der Waals surface area contributed by atoms with Crippen LogP contribution in [0.1, 0.15) is 39.2 Å². The Kier molecular flexibility index (Phi) is 4.75. The maximum atomic E-state index is 12.9. The van der Waals surface area contributed by atoms with Gasteiger partial charge in [0.1, 0.15) is 5.82 Å². The van der Waals surface area contributed by atoms with Gasteiger partial charge >= 0.3 is 0 Å². The van der Waals surface area contributed by atoms with Gasteiger partial charge in [0.15, 0.2) is 0 Å². The van der Waals surface area contributed by atoms with Crippen molar-refractivity contribution in [1.82, 2.24) is 30.0 Å². The minimum Gasteiger partial charge on any atom is -0.361 e. The second kappa shape index (κ2) is 7.38. The van der Waals surface area contributed by atoms with Gasteiger partial charge in [0.25, 0.3) is 11.5 Å². The molecule has 0 unspecified atom stereocenters. The van der Waals surface area contributed by atoms with Crippen LogP contribution in [0.2, 0.25) is 0 Å². The van der Waals surface area contributed by atoms with Crippen molar-refractivity contribution in [2.45, 2.75) is 26.3 Å². The fourth-order valence-corrected chi connectivity index (χ4v) is 3.59. The molecule has 3 N–H and O–H groups in total. The largest absolute Gasteiger partial charge is 0.361 e. The Labute approximate surface area is 167 Å². The zero-order valence-electron chi connectivity index (χ0n) is 16.5. The summed E-state index contributed by atoms with van der Waals surface area (Å²) in [6.07, 6.45) is 4.11. The molecule has 1 atom stereocenters. The SMILES string of the molecule is Cc1nc([C@H](Cc2c[nH]c3ccccc23)NC(=O)c2cn(C)nc2C)cc(=O)[nH]1. The van der Waals surface area contributed by atoms with Gasteiger partial charge in [-0.1, -0.05) is 18.2 Å². The molecule has 0 aliphatic carbocycles. The van der Waals surface area contributed by atoms with Crippen molar-refractivity contribution in [3.05, 3.63) is 81.4 Å². The van der Waals surface area contributed by atoms with Crippen LogP contribution >= 0.6 is 0 Å². The molecular weight excluding hydrogens is 368 g/mol. The maximum Gasteiger partial charge on any atom is 0.255 e. The summed E-state index contributed by atoms with van der Waals surface area (Å²) in [6.45, 7) is 3.51. The molecule has 8 nitrogen and oxygen atoms in total. The fraction of sp³-hybridized carbons (Fsp3) is 0.238. The van der Waals surface area contributed by atoms with E-state index >= 15 is 0 Å². The van der Waals surface area contributed by atoms with Gasteiger partial charge < -0.3 is 15.3 Å². The predicted molar refractivity (Wildman–Crippen MR) is 110 cm³/mol. The molecule has 0 aliphatic heterocycles. The normalized spacial score (nSPS) is 12.2. The molecule has 0 saturated carbocycles. The van der Waals surface area contributed by atoms with Crippen LogP contribution in [0.25, 0.3) is 10.9 Å². The molecule has 1 aromatic carbocycles. The number of nitrogens with zero attached hydrogens (tertiary/aromatic N) is 3. The van der Waals surface area contributed by atoms with Crippen LogP contribution in [0.4, 0.5) is 0 Å². The van der Waals surface area contributed by atoms with Crippen LogP contribution in [-0.2, 0) is 13.5 Å². The van der Waals surface area contributed by atoms with Gasteiger partial charge in [-0.2, -0.15) is 5.10 Å². The fourth-order valence-electron chi connectivity index (χ4n) is 3.59. The van der Waals surface area contributed by atoms with E-state index in [4.69, 9.17) is 0 Å². The topological polar surface area (TPSA) is 108 Å². The second-order valence-electron chi connectivity index (χ2n) is 7.15. The molecule has 0 radical (unpaired) electrons. The number of rotatable bonds is 5. The Hall–Kier alpha value is -3.68. The van der Waals surface area contributed by atoms with Crippen LogP contribution in [-0.4, -0.2) is 30.6 Å². The van der Waals surface area contributed by atoms with E-state index in [1.807, 2.05) is 30.5 Å². The molecule has 3 heterocycles. The monoisotopic (exact) mass is 390 g/mol. The maximum absolute atomic E-state index is 12.9. The lowest BCUT2D eigenvalue weighted by Crippen LogP contribution is -2.32. The summed E-state index contributed by atoms with van der Waals surface area (Å²) >= 11 is 0. The molecule has 3 aromatic heterocycles. The number of benzene rings is 1. The smallest absolute Gasteiger partial charge is 0.255 e. The minimum absolute atomic E-state index is 0.247. The Morgan fingerprint density at radius 1 is 1.28 bits per heavy atom. The van der Waals surface area contributed by atoms with Gasteiger partial charge in [0, 0.05) is 42.8 Å². The van der Waals surface area contributed by atoms with Crippen LogP contribution in [0.5, 0.6) is 0 Å². The lowest BCUT2D eigenvalue weighted by atomic mass is 10.0. The summed E-state index contributed by atoms with van der Waals surface area (Å²) in [7, 11) is 1.77. The van der Waals surface area contributed by atoms with E-state index in [1.54, 1.807) is 31.8 Å². The third kappa shape index (κ3) is 3.82. The lowest BCUT2D eigenvalue weighted by molar-refractivity contribution is 0.0935. The highest BCUT2D eigenvalue weighted by molar-refractivity contribution is 5.95. The summed E-state index contributed by atoms with van der Waals surface area (Å²) in [6, 6.07) is 8.93. The van der Waals surface area contributed by atoms with Crippen LogP contribution in [0.15, 0.2) is 47.5 Å². The minimum atomic E-state index is -0.470.